The fraction of sp³-hybridized carbons (Fsp3) is 0.193. The van der Waals surface area contributed by atoms with Crippen LogP contribution >= 0.6 is 0 Å². The SMILES string of the molecule is COc1ccc(C(OCC(C)c2cc(/C=C/c3ccc(-c4ccc(/C=C/c5ccc([N+](=O)[O-])c(C(C)CO)c5)c(OC)c4)cc3OC)ccc2[N+](=O)[O-])(c2ccccc2)c2ccc(OC)cc2)cc1. The quantitative estimate of drug-likeness (QED) is 0.0338. The lowest BCUT2D eigenvalue weighted by atomic mass is 9.79. The summed E-state index contributed by atoms with van der Waals surface area (Å²) in [7, 11) is 6.44. The van der Waals surface area contributed by atoms with Gasteiger partial charge in [0.05, 0.1) is 44.9 Å². The van der Waals surface area contributed by atoms with Crippen LogP contribution in [0.4, 0.5) is 11.4 Å². The third-order valence-electron chi connectivity index (χ3n) is 12.3. The standard InChI is InChI=1S/C57H54N2O10/c1-38(36-60)51-32-40(14-30-53(51)58(61)62)12-16-42-18-20-44(34-55(42)67-5)45-21-19-43(56(35-45)68-6)17-13-41-15-31-54(59(63)64)52(33-41)39(2)37-69-57(46-10-8-7-9-11-46,47-22-26-49(65-3)27-23-47)48-24-28-50(66-4)29-25-48/h7-35,38-39,60H,36-37H2,1-6H3/b16-12+,17-13+. The number of nitrogens with zero attached hydrogens (tertiary/aromatic N) is 2. The molecule has 0 fully saturated rings. The summed E-state index contributed by atoms with van der Waals surface area (Å²) in [5.74, 6) is 1.83. The van der Waals surface area contributed by atoms with Crippen LogP contribution in [0.3, 0.4) is 0 Å². The summed E-state index contributed by atoms with van der Waals surface area (Å²) < 4.78 is 29.8. The van der Waals surface area contributed by atoms with Gasteiger partial charge in [-0.05, 0) is 99.6 Å². The Balaban J connectivity index is 1.15. The van der Waals surface area contributed by atoms with Crippen molar-refractivity contribution in [2.45, 2.75) is 31.3 Å². The van der Waals surface area contributed by atoms with Crippen LogP contribution in [0.2, 0.25) is 0 Å². The Hall–Kier alpha value is -8.06. The molecule has 0 aliphatic rings. The molecular formula is C57H54N2O10. The summed E-state index contributed by atoms with van der Waals surface area (Å²) in [6, 6.07) is 47.1. The van der Waals surface area contributed by atoms with Crippen molar-refractivity contribution < 1.29 is 38.6 Å². The first-order valence-electron chi connectivity index (χ1n) is 22.3. The lowest BCUT2D eigenvalue weighted by molar-refractivity contribution is -0.385. The van der Waals surface area contributed by atoms with E-state index in [1.54, 1.807) is 53.6 Å². The minimum absolute atomic E-state index is 0.00510. The fourth-order valence-electron chi connectivity index (χ4n) is 8.42. The lowest BCUT2D eigenvalue weighted by Gasteiger charge is -2.37. The first-order valence-corrected chi connectivity index (χ1v) is 22.3. The molecule has 0 bridgehead atoms. The normalized spacial score (nSPS) is 12.4. The van der Waals surface area contributed by atoms with Crippen LogP contribution in [0.15, 0.2) is 152 Å². The molecule has 12 heteroatoms. The molecule has 2 unspecified atom stereocenters. The molecule has 69 heavy (non-hydrogen) atoms. The summed E-state index contributed by atoms with van der Waals surface area (Å²) in [6.07, 6.45) is 7.56. The second-order valence-corrected chi connectivity index (χ2v) is 16.5. The first-order chi connectivity index (χ1) is 33.4. The van der Waals surface area contributed by atoms with E-state index >= 15 is 0 Å². The summed E-state index contributed by atoms with van der Waals surface area (Å²) >= 11 is 0. The predicted octanol–water partition coefficient (Wildman–Crippen LogP) is 12.8. The molecule has 0 radical (unpaired) electrons. The molecule has 0 aliphatic carbocycles. The number of aliphatic hydroxyl groups excluding tert-OH is 1. The largest absolute Gasteiger partial charge is 0.497 e. The summed E-state index contributed by atoms with van der Waals surface area (Å²) in [5, 5.41) is 33.8. The Labute approximate surface area is 402 Å². The maximum atomic E-state index is 12.5. The number of ether oxygens (including phenoxy) is 5. The molecule has 7 aromatic rings. The van der Waals surface area contributed by atoms with Gasteiger partial charge in [-0.2, -0.15) is 0 Å². The molecule has 2 atom stereocenters. The number of nitro groups is 2. The molecule has 0 aromatic heterocycles. The minimum Gasteiger partial charge on any atom is -0.497 e. The highest BCUT2D eigenvalue weighted by molar-refractivity contribution is 5.79. The van der Waals surface area contributed by atoms with Crippen molar-refractivity contribution >= 4 is 35.7 Å². The third kappa shape index (κ3) is 10.9. The zero-order valence-corrected chi connectivity index (χ0v) is 39.3. The molecule has 0 amide bonds. The first kappa shape index (κ1) is 48.9. The highest BCUT2D eigenvalue weighted by atomic mass is 16.6. The van der Waals surface area contributed by atoms with E-state index in [-0.39, 0.29) is 29.5 Å². The van der Waals surface area contributed by atoms with Crippen LogP contribution in [-0.2, 0) is 10.3 Å². The van der Waals surface area contributed by atoms with Gasteiger partial charge in [0.15, 0.2) is 0 Å². The van der Waals surface area contributed by atoms with E-state index in [0.29, 0.717) is 34.1 Å². The maximum Gasteiger partial charge on any atom is 0.272 e. The highest BCUT2D eigenvalue weighted by Gasteiger charge is 2.39. The second kappa shape index (κ2) is 22.2. The molecule has 1 N–H and O–H groups in total. The highest BCUT2D eigenvalue weighted by Crippen LogP contribution is 2.43. The van der Waals surface area contributed by atoms with E-state index in [4.69, 9.17) is 23.7 Å². The van der Waals surface area contributed by atoms with Crippen molar-refractivity contribution in [3.63, 3.8) is 0 Å². The van der Waals surface area contributed by atoms with Gasteiger partial charge in [0.25, 0.3) is 11.4 Å². The average molecular weight is 927 g/mol. The lowest BCUT2D eigenvalue weighted by Crippen LogP contribution is -2.34. The summed E-state index contributed by atoms with van der Waals surface area (Å²) in [5.41, 5.74) is 7.33. The molecule has 352 valence electrons. The van der Waals surface area contributed by atoms with Crippen molar-refractivity contribution in [1.82, 2.24) is 0 Å². The molecule has 0 heterocycles. The molecule has 0 saturated heterocycles. The summed E-state index contributed by atoms with van der Waals surface area (Å²) in [6.45, 7) is 3.60. The molecule has 0 spiro atoms. The van der Waals surface area contributed by atoms with Crippen molar-refractivity contribution in [3.05, 3.63) is 222 Å². The van der Waals surface area contributed by atoms with E-state index in [1.165, 1.54) is 12.1 Å². The molecule has 0 saturated carbocycles. The van der Waals surface area contributed by atoms with Crippen LogP contribution in [-0.4, -0.2) is 56.6 Å². The number of nitro benzene ring substituents is 2. The van der Waals surface area contributed by atoms with Gasteiger partial charge in [-0.25, -0.2) is 0 Å². The van der Waals surface area contributed by atoms with Crippen LogP contribution < -0.4 is 18.9 Å². The Morgan fingerprint density at radius 1 is 0.522 bits per heavy atom. The van der Waals surface area contributed by atoms with Crippen molar-refractivity contribution in [2.75, 3.05) is 41.7 Å². The number of methoxy groups -OCH3 is 4. The number of hydrogen-bond donors (Lipinski definition) is 1. The van der Waals surface area contributed by atoms with Crippen LogP contribution in [0.1, 0.15) is 75.8 Å². The molecule has 0 aliphatic heterocycles. The third-order valence-corrected chi connectivity index (χ3v) is 12.3. The Bertz CT molecular complexity index is 2920. The van der Waals surface area contributed by atoms with E-state index < -0.39 is 22.4 Å². The van der Waals surface area contributed by atoms with Gasteiger partial charge in [-0.15, -0.1) is 0 Å². The van der Waals surface area contributed by atoms with Gasteiger partial charge >= 0.3 is 0 Å². The van der Waals surface area contributed by atoms with Crippen LogP contribution in [0.25, 0.3) is 35.4 Å². The maximum absolute atomic E-state index is 12.5. The van der Waals surface area contributed by atoms with Gasteiger partial charge in [-0.1, -0.05) is 117 Å². The fourth-order valence-corrected chi connectivity index (χ4v) is 8.42. The minimum atomic E-state index is -1.10. The monoisotopic (exact) mass is 926 g/mol. The second-order valence-electron chi connectivity index (χ2n) is 16.5. The van der Waals surface area contributed by atoms with Crippen LogP contribution in [0.5, 0.6) is 23.0 Å². The predicted molar refractivity (Wildman–Crippen MR) is 271 cm³/mol. The van der Waals surface area contributed by atoms with Crippen LogP contribution in [0, 0.1) is 20.2 Å². The zero-order chi connectivity index (χ0) is 49.1. The average Bonchev–Trinajstić information content (AvgIpc) is 3.39. The molecule has 12 nitrogen and oxygen atoms in total. The van der Waals surface area contributed by atoms with E-state index in [9.17, 15) is 25.3 Å². The van der Waals surface area contributed by atoms with E-state index in [1.807, 2.05) is 153 Å². The summed E-state index contributed by atoms with van der Waals surface area (Å²) in [4.78, 5) is 23.3. The van der Waals surface area contributed by atoms with Gasteiger partial charge in [0, 0.05) is 52.8 Å². The van der Waals surface area contributed by atoms with Crippen molar-refractivity contribution in [2.24, 2.45) is 0 Å². The zero-order valence-electron chi connectivity index (χ0n) is 39.3. The number of rotatable bonds is 20. The van der Waals surface area contributed by atoms with Crippen molar-refractivity contribution in [3.8, 4) is 34.1 Å². The molecule has 7 rings (SSSR count). The smallest absolute Gasteiger partial charge is 0.272 e. The Morgan fingerprint density at radius 2 is 0.957 bits per heavy atom. The van der Waals surface area contributed by atoms with Crippen molar-refractivity contribution in [1.29, 1.82) is 0 Å². The molecular weight excluding hydrogens is 873 g/mol. The Morgan fingerprint density at radius 3 is 1.36 bits per heavy atom. The van der Waals surface area contributed by atoms with Gasteiger partial charge < -0.3 is 28.8 Å². The van der Waals surface area contributed by atoms with Gasteiger partial charge in [0.1, 0.15) is 28.6 Å². The van der Waals surface area contributed by atoms with Gasteiger partial charge in [-0.3, -0.25) is 20.2 Å². The molecule has 7 aromatic carbocycles. The van der Waals surface area contributed by atoms with E-state index in [0.717, 1.165) is 50.1 Å². The Kier molecular flexibility index (Phi) is 15.7. The topological polar surface area (TPSA) is 153 Å². The van der Waals surface area contributed by atoms with E-state index in [2.05, 4.69) is 0 Å². The van der Waals surface area contributed by atoms with Gasteiger partial charge in [0.2, 0.25) is 0 Å². The number of aliphatic hydroxyl groups is 1. The number of benzene rings is 7. The number of hydrogen-bond acceptors (Lipinski definition) is 10.